The highest BCUT2D eigenvalue weighted by Gasteiger charge is 2.20. The maximum atomic E-state index is 13.1. The molecule has 0 aliphatic carbocycles. The molecule has 25 heavy (non-hydrogen) atoms. The summed E-state index contributed by atoms with van der Waals surface area (Å²) >= 11 is 0. The van der Waals surface area contributed by atoms with Crippen LogP contribution in [0.2, 0.25) is 0 Å². The number of aromatic nitrogens is 2. The SMILES string of the molecule is CCCc1ncc(CN(Cc2ccc(F)cc2)CC2CCCO2)cn1. The molecule has 0 bridgehead atoms. The number of ether oxygens (including phenoxy) is 1. The fraction of sp³-hybridized carbons (Fsp3) is 0.500. The standard InChI is InChI=1S/C20H26FN3O/c1-2-4-20-22-11-17(12-23-20)14-24(15-19-5-3-10-25-19)13-16-6-8-18(21)9-7-16/h6-9,11-12,19H,2-5,10,13-15H2,1H3. The third-order valence-electron chi connectivity index (χ3n) is 4.44. The van der Waals surface area contributed by atoms with Crippen molar-refractivity contribution < 1.29 is 9.13 Å². The quantitative estimate of drug-likeness (QED) is 0.732. The van der Waals surface area contributed by atoms with E-state index in [1.54, 1.807) is 0 Å². The van der Waals surface area contributed by atoms with Crippen molar-refractivity contribution >= 4 is 0 Å². The van der Waals surface area contributed by atoms with Crippen molar-refractivity contribution in [3.8, 4) is 0 Å². The summed E-state index contributed by atoms with van der Waals surface area (Å²) in [5.41, 5.74) is 2.20. The van der Waals surface area contributed by atoms with Crippen LogP contribution in [-0.4, -0.2) is 34.1 Å². The molecule has 3 rings (SSSR count). The van der Waals surface area contributed by atoms with Crippen LogP contribution in [0.25, 0.3) is 0 Å². The first-order valence-electron chi connectivity index (χ1n) is 9.11. The second kappa shape index (κ2) is 9.02. The molecule has 1 aliphatic heterocycles. The fourth-order valence-corrected chi connectivity index (χ4v) is 3.18. The number of aryl methyl sites for hydroxylation is 1. The molecule has 2 aromatic rings. The lowest BCUT2D eigenvalue weighted by Crippen LogP contribution is -2.31. The molecule has 2 heterocycles. The number of hydrogen-bond donors (Lipinski definition) is 0. The van der Waals surface area contributed by atoms with Crippen molar-refractivity contribution in [3.05, 3.63) is 59.4 Å². The van der Waals surface area contributed by atoms with Crippen LogP contribution in [0.1, 0.15) is 43.1 Å². The molecule has 1 atom stereocenters. The molecule has 0 N–H and O–H groups in total. The average molecular weight is 343 g/mol. The molecule has 1 aliphatic rings. The molecule has 1 aromatic carbocycles. The first-order valence-corrected chi connectivity index (χ1v) is 9.11. The minimum atomic E-state index is -0.200. The lowest BCUT2D eigenvalue weighted by Gasteiger charge is -2.25. The predicted octanol–water partition coefficient (Wildman–Crippen LogP) is 3.75. The Balaban J connectivity index is 1.67. The normalized spacial score (nSPS) is 17.3. The Labute approximate surface area is 149 Å². The first kappa shape index (κ1) is 18.0. The van der Waals surface area contributed by atoms with Gasteiger partial charge in [-0.05, 0) is 37.0 Å². The summed E-state index contributed by atoms with van der Waals surface area (Å²) in [6.45, 7) is 5.38. The van der Waals surface area contributed by atoms with E-state index >= 15 is 0 Å². The van der Waals surface area contributed by atoms with Gasteiger partial charge in [0.05, 0.1) is 6.10 Å². The summed E-state index contributed by atoms with van der Waals surface area (Å²) in [5.74, 6) is 0.699. The second-order valence-electron chi connectivity index (χ2n) is 6.69. The molecule has 134 valence electrons. The van der Waals surface area contributed by atoms with E-state index in [9.17, 15) is 4.39 Å². The summed E-state index contributed by atoms with van der Waals surface area (Å²) in [4.78, 5) is 11.2. The van der Waals surface area contributed by atoms with Crippen LogP contribution in [0.15, 0.2) is 36.7 Å². The van der Waals surface area contributed by atoms with Crippen LogP contribution in [0.3, 0.4) is 0 Å². The van der Waals surface area contributed by atoms with Crippen LogP contribution in [-0.2, 0) is 24.2 Å². The Bertz CT molecular complexity index is 639. The average Bonchev–Trinajstić information content (AvgIpc) is 3.12. The number of hydrogen-bond acceptors (Lipinski definition) is 4. The Morgan fingerprint density at radius 3 is 2.48 bits per heavy atom. The third kappa shape index (κ3) is 5.58. The van der Waals surface area contributed by atoms with Crippen molar-refractivity contribution in [2.24, 2.45) is 0 Å². The molecule has 5 heteroatoms. The largest absolute Gasteiger partial charge is 0.377 e. The first-order chi connectivity index (χ1) is 12.2. The van der Waals surface area contributed by atoms with Crippen molar-refractivity contribution in [2.75, 3.05) is 13.2 Å². The van der Waals surface area contributed by atoms with Gasteiger partial charge < -0.3 is 4.74 Å². The van der Waals surface area contributed by atoms with Gasteiger partial charge in [-0.1, -0.05) is 19.1 Å². The zero-order valence-electron chi connectivity index (χ0n) is 14.8. The van der Waals surface area contributed by atoms with E-state index in [1.807, 2.05) is 24.5 Å². The van der Waals surface area contributed by atoms with Gasteiger partial charge in [0.2, 0.25) is 0 Å². The molecule has 0 spiro atoms. The molecule has 0 amide bonds. The highest BCUT2D eigenvalue weighted by Crippen LogP contribution is 2.17. The van der Waals surface area contributed by atoms with Gasteiger partial charge >= 0.3 is 0 Å². The highest BCUT2D eigenvalue weighted by atomic mass is 19.1. The van der Waals surface area contributed by atoms with Gasteiger partial charge in [-0.15, -0.1) is 0 Å². The lowest BCUT2D eigenvalue weighted by atomic mass is 10.1. The van der Waals surface area contributed by atoms with E-state index in [-0.39, 0.29) is 11.9 Å². The van der Waals surface area contributed by atoms with E-state index < -0.39 is 0 Å². The molecule has 0 saturated carbocycles. The zero-order valence-corrected chi connectivity index (χ0v) is 14.8. The van der Waals surface area contributed by atoms with Gasteiger partial charge in [0.1, 0.15) is 11.6 Å². The van der Waals surface area contributed by atoms with E-state index in [1.165, 1.54) is 12.1 Å². The van der Waals surface area contributed by atoms with Crippen LogP contribution < -0.4 is 0 Å². The highest BCUT2D eigenvalue weighted by molar-refractivity contribution is 5.16. The minimum absolute atomic E-state index is 0.200. The molecule has 4 nitrogen and oxygen atoms in total. The van der Waals surface area contributed by atoms with Crippen LogP contribution >= 0.6 is 0 Å². The summed E-state index contributed by atoms with van der Waals surface area (Å²) in [6, 6.07) is 6.72. The molecular formula is C20H26FN3O. The van der Waals surface area contributed by atoms with E-state index in [2.05, 4.69) is 21.8 Å². The maximum absolute atomic E-state index is 13.1. The second-order valence-corrected chi connectivity index (χ2v) is 6.69. The molecule has 1 saturated heterocycles. The number of rotatable bonds is 8. The molecule has 0 radical (unpaired) electrons. The van der Waals surface area contributed by atoms with Crippen LogP contribution in [0.4, 0.5) is 4.39 Å². The summed E-state index contributed by atoms with van der Waals surface area (Å²) in [6.07, 6.45) is 8.32. The Morgan fingerprint density at radius 1 is 1.12 bits per heavy atom. The van der Waals surface area contributed by atoms with Crippen molar-refractivity contribution in [1.82, 2.24) is 14.9 Å². The van der Waals surface area contributed by atoms with Gasteiger partial charge in [0, 0.05) is 50.6 Å². The molecule has 1 aromatic heterocycles. The van der Waals surface area contributed by atoms with Crippen LogP contribution in [0, 0.1) is 5.82 Å². The number of halogens is 1. The Hall–Kier alpha value is -1.85. The van der Waals surface area contributed by atoms with Crippen molar-refractivity contribution in [3.63, 3.8) is 0 Å². The van der Waals surface area contributed by atoms with Gasteiger partial charge in [0.15, 0.2) is 0 Å². The maximum Gasteiger partial charge on any atom is 0.128 e. The predicted molar refractivity (Wildman–Crippen MR) is 95.5 cm³/mol. The van der Waals surface area contributed by atoms with Crippen molar-refractivity contribution in [2.45, 2.75) is 51.8 Å². The number of benzene rings is 1. The smallest absolute Gasteiger partial charge is 0.128 e. The van der Waals surface area contributed by atoms with E-state index in [4.69, 9.17) is 4.74 Å². The molecule has 1 unspecified atom stereocenters. The van der Waals surface area contributed by atoms with Gasteiger partial charge in [-0.3, -0.25) is 4.90 Å². The monoisotopic (exact) mass is 343 g/mol. The number of nitrogens with zero attached hydrogens (tertiary/aromatic N) is 3. The van der Waals surface area contributed by atoms with E-state index in [0.29, 0.717) is 0 Å². The summed E-state index contributed by atoms with van der Waals surface area (Å²) in [7, 11) is 0. The summed E-state index contributed by atoms with van der Waals surface area (Å²) in [5, 5.41) is 0. The summed E-state index contributed by atoms with van der Waals surface area (Å²) < 4.78 is 18.9. The lowest BCUT2D eigenvalue weighted by molar-refractivity contribution is 0.0678. The van der Waals surface area contributed by atoms with Crippen molar-refractivity contribution in [1.29, 1.82) is 0 Å². The molecule has 1 fully saturated rings. The third-order valence-corrected chi connectivity index (χ3v) is 4.44. The topological polar surface area (TPSA) is 38.2 Å². The fourth-order valence-electron chi connectivity index (χ4n) is 3.18. The molecular weight excluding hydrogens is 317 g/mol. The van der Waals surface area contributed by atoms with E-state index in [0.717, 1.165) is 68.9 Å². The van der Waals surface area contributed by atoms with Crippen LogP contribution in [0.5, 0.6) is 0 Å². The zero-order chi connectivity index (χ0) is 17.5. The van der Waals surface area contributed by atoms with Gasteiger partial charge in [0.25, 0.3) is 0 Å². The Kier molecular flexibility index (Phi) is 6.48. The Morgan fingerprint density at radius 2 is 1.84 bits per heavy atom. The van der Waals surface area contributed by atoms with Gasteiger partial charge in [-0.25, -0.2) is 14.4 Å². The minimum Gasteiger partial charge on any atom is -0.377 e. The van der Waals surface area contributed by atoms with Gasteiger partial charge in [-0.2, -0.15) is 0 Å².